The molecule has 21 heavy (non-hydrogen) atoms. The van der Waals surface area contributed by atoms with Crippen molar-refractivity contribution < 1.29 is 4.42 Å². The largest absolute Gasteiger partial charge is 0.440 e. The van der Waals surface area contributed by atoms with Crippen molar-refractivity contribution in [1.29, 1.82) is 0 Å². The first-order valence-electron chi connectivity index (χ1n) is 6.40. The molecule has 0 amide bonds. The Morgan fingerprint density at radius 3 is 2.71 bits per heavy atom. The number of thioether (sulfide) groups is 1. The van der Waals surface area contributed by atoms with Crippen molar-refractivity contribution >= 4 is 29.1 Å². The average Bonchev–Trinajstić information content (AvgIpc) is 2.95. The van der Waals surface area contributed by atoms with Crippen molar-refractivity contribution in [3.8, 4) is 11.3 Å². The molecule has 3 aromatic rings. The van der Waals surface area contributed by atoms with Crippen molar-refractivity contribution in [3.05, 3.63) is 65.6 Å². The summed E-state index contributed by atoms with van der Waals surface area (Å²) in [5.74, 6) is 2.10. The average molecular weight is 317 g/mol. The zero-order valence-corrected chi connectivity index (χ0v) is 12.7. The van der Waals surface area contributed by atoms with E-state index in [2.05, 4.69) is 4.98 Å². The first-order valence-corrected chi connectivity index (χ1v) is 7.76. The highest BCUT2D eigenvalue weighted by molar-refractivity contribution is 7.98. The minimum absolute atomic E-state index is 0.664. The van der Waals surface area contributed by atoms with Crippen molar-refractivity contribution in [2.75, 3.05) is 5.73 Å². The van der Waals surface area contributed by atoms with E-state index in [1.807, 2.05) is 48.5 Å². The Labute approximate surface area is 132 Å². The van der Waals surface area contributed by atoms with Gasteiger partial charge in [-0.25, -0.2) is 4.98 Å². The van der Waals surface area contributed by atoms with Crippen LogP contribution < -0.4 is 5.73 Å². The van der Waals surface area contributed by atoms with E-state index in [0.717, 1.165) is 21.9 Å². The van der Waals surface area contributed by atoms with E-state index in [1.165, 1.54) is 0 Å². The van der Waals surface area contributed by atoms with Gasteiger partial charge in [0.2, 0.25) is 5.89 Å². The minimum atomic E-state index is 0.664. The predicted octanol–water partition coefficient (Wildman–Crippen LogP) is 4.87. The van der Waals surface area contributed by atoms with Gasteiger partial charge in [0.1, 0.15) is 0 Å². The summed E-state index contributed by atoms with van der Waals surface area (Å²) in [4.78, 5) is 5.40. The number of rotatable bonds is 4. The molecule has 0 saturated heterocycles. The predicted molar refractivity (Wildman–Crippen MR) is 87.4 cm³/mol. The first kappa shape index (κ1) is 14.0. The van der Waals surface area contributed by atoms with Gasteiger partial charge < -0.3 is 10.2 Å². The normalized spacial score (nSPS) is 10.7. The lowest BCUT2D eigenvalue weighted by atomic mass is 10.2. The van der Waals surface area contributed by atoms with Crippen molar-refractivity contribution in [1.82, 2.24) is 4.98 Å². The molecule has 3 rings (SSSR count). The fraction of sp³-hybridized carbons (Fsp3) is 0.0625. The molecule has 0 saturated carbocycles. The van der Waals surface area contributed by atoms with Gasteiger partial charge in [-0.15, -0.1) is 11.8 Å². The van der Waals surface area contributed by atoms with Gasteiger partial charge in [-0.3, -0.25) is 0 Å². The van der Waals surface area contributed by atoms with E-state index in [4.69, 9.17) is 21.8 Å². The summed E-state index contributed by atoms with van der Waals surface area (Å²) < 4.78 is 5.76. The van der Waals surface area contributed by atoms with Gasteiger partial charge in [-0.2, -0.15) is 0 Å². The highest BCUT2D eigenvalue weighted by Gasteiger charge is 2.07. The molecule has 2 aromatic carbocycles. The Hall–Kier alpha value is -1.91. The Bertz CT molecular complexity index is 740. The van der Waals surface area contributed by atoms with Crippen LogP contribution in [-0.4, -0.2) is 4.98 Å². The van der Waals surface area contributed by atoms with E-state index in [0.29, 0.717) is 16.7 Å². The minimum Gasteiger partial charge on any atom is -0.440 e. The molecule has 5 heteroatoms. The van der Waals surface area contributed by atoms with E-state index < -0.39 is 0 Å². The highest BCUT2D eigenvalue weighted by Crippen LogP contribution is 2.27. The molecule has 0 aliphatic rings. The van der Waals surface area contributed by atoms with E-state index in [-0.39, 0.29) is 0 Å². The molecule has 0 fully saturated rings. The van der Waals surface area contributed by atoms with E-state index in [1.54, 1.807) is 18.0 Å². The molecule has 0 spiro atoms. The summed E-state index contributed by atoms with van der Waals surface area (Å²) in [6.07, 6.45) is 1.73. The quantitative estimate of drug-likeness (QED) is 0.551. The molecule has 3 nitrogen and oxygen atoms in total. The molecule has 0 radical (unpaired) electrons. The van der Waals surface area contributed by atoms with Crippen LogP contribution in [0.1, 0.15) is 5.89 Å². The summed E-state index contributed by atoms with van der Waals surface area (Å²) in [6, 6.07) is 15.3. The van der Waals surface area contributed by atoms with Gasteiger partial charge in [-0.1, -0.05) is 17.7 Å². The summed E-state index contributed by atoms with van der Waals surface area (Å²) in [5, 5.41) is 0.704. The lowest BCUT2D eigenvalue weighted by Gasteiger charge is -2.00. The fourth-order valence-corrected chi connectivity index (χ4v) is 2.82. The number of nitrogens with two attached hydrogens (primary N) is 1. The number of benzene rings is 2. The van der Waals surface area contributed by atoms with Crippen LogP contribution in [-0.2, 0) is 5.75 Å². The Morgan fingerprint density at radius 1 is 1.14 bits per heavy atom. The van der Waals surface area contributed by atoms with Gasteiger partial charge in [0.25, 0.3) is 0 Å². The van der Waals surface area contributed by atoms with Gasteiger partial charge in [-0.05, 0) is 42.5 Å². The number of hydrogen-bond donors (Lipinski definition) is 1. The molecule has 1 aromatic heterocycles. The number of nitrogen functional groups attached to an aromatic ring is 1. The fourth-order valence-electron chi connectivity index (χ4n) is 1.87. The lowest BCUT2D eigenvalue weighted by molar-refractivity contribution is 0.530. The van der Waals surface area contributed by atoms with E-state index in [9.17, 15) is 0 Å². The van der Waals surface area contributed by atoms with Crippen LogP contribution in [0.5, 0.6) is 0 Å². The molecular weight excluding hydrogens is 304 g/mol. The van der Waals surface area contributed by atoms with Crippen molar-refractivity contribution in [2.24, 2.45) is 0 Å². The first-order chi connectivity index (χ1) is 10.2. The van der Waals surface area contributed by atoms with Crippen LogP contribution in [0.15, 0.2) is 64.0 Å². The third kappa shape index (κ3) is 3.60. The van der Waals surface area contributed by atoms with Gasteiger partial charge in [0, 0.05) is 21.2 Å². The Balaban J connectivity index is 1.69. The summed E-state index contributed by atoms with van der Waals surface area (Å²) in [6.45, 7) is 0. The summed E-state index contributed by atoms with van der Waals surface area (Å²) >= 11 is 7.52. The number of halogens is 1. The van der Waals surface area contributed by atoms with Crippen molar-refractivity contribution in [2.45, 2.75) is 10.6 Å². The summed E-state index contributed by atoms with van der Waals surface area (Å²) in [5.41, 5.74) is 7.48. The maximum atomic E-state index is 5.87. The monoisotopic (exact) mass is 316 g/mol. The number of oxazole rings is 1. The second-order valence-electron chi connectivity index (χ2n) is 4.49. The molecule has 0 aliphatic carbocycles. The van der Waals surface area contributed by atoms with Crippen LogP contribution in [0.25, 0.3) is 11.3 Å². The topological polar surface area (TPSA) is 52.0 Å². The molecule has 0 aliphatic heterocycles. The third-order valence-corrected chi connectivity index (χ3v) is 4.13. The second kappa shape index (κ2) is 6.24. The van der Waals surface area contributed by atoms with E-state index >= 15 is 0 Å². The maximum Gasteiger partial charge on any atom is 0.205 e. The van der Waals surface area contributed by atoms with Crippen LogP contribution in [0.2, 0.25) is 5.02 Å². The summed E-state index contributed by atoms with van der Waals surface area (Å²) in [7, 11) is 0. The van der Waals surface area contributed by atoms with Crippen LogP contribution >= 0.6 is 23.4 Å². The molecule has 2 N–H and O–H groups in total. The van der Waals surface area contributed by atoms with Crippen LogP contribution in [0.4, 0.5) is 5.69 Å². The van der Waals surface area contributed by atoms with Crippen LogP contribution in [0, 0.1) is 0 Å². The Kier molecular flexibility index (Phi) is 4.18. The molecule has 0 atom stereocenters. The Morgan fingerprint density at radius 2 is 1.95 bits per heavy atom. The smallest absolute Gasteiger partial charge is 0.205 e. The molecule has 0 unspecified atom stereocenters. The molecule has 106 valence electrons. The molecule has 1 heterocycles. The molecule has 0 bridgehead atoms. The van der Waals surface area contributed by atoms with Gasteiger partial charge in [0.15, 0.2) is 5.76 Å². The lowest BCUT2D eigenvalue weighted by Crippen LogP contribution is -1.84. The maximum absolute atomic E-state index is 5.87. The SMILES string of the molecule is Nc1cccc(SCc2ncc(-c3ccc(Cl)cc3)o2)c1. The zero-order chi connectivity index (χ0) is 14.7. The zero-order valence-electron chi connectivity index (χ0n) is 11.1. The number of aromatic nitrogens is 1. The number of nitrogens with zero attached hydrogens (tertiary/aromatic N) is 1. The highest BCUT2D eigenvalue weighted by atomic mass is 35.5. The van der Waals surface area contributed by atoms with Gasteiger partial charge >= 0.3 is 0 Å². The van der Waals surface area contributed by atoms with Crippen molar-refractivity contribution in [3.63, 3.8) is 0 Å². The standard InChI is InChI=1S/C16H13ClN2OS/c17-12-6-4-11(5-7-12)15-9-19-16(20-15)10-21-14-3-1-2-13(18)8-14/h1-9H,10,18H2. The molecular formula is C16H13ClN2OS. The van der Waals surface area contributed by atoms with Crippen LogP contribution in [0.3, 0.4) is 0 Å². The number of anilines is 1. The second-order valence-corrected chi connectivity index (χ2v) is 5.97. The van der Waals surface area contributed by atoms with Gasteiger partial charge in [0.05, 0.1) is 11.9 Å². The third-order valence-electron chi connectivity index (χ3n) is 2.90. The number of hydrogen-bond acceptors (Lipinski definition) is 4.